The minimum Gasteiger partial charge on any atom is -0.198 e. The molecule has 0 unspecified atom stereocenters. The van der Waals surface area contributed by atoms with Gasteiger partial charge in [-0.15, -0.1) is 0 Å². The first-order valence-electron chi connectivity index (χ1n) is 6.54. The fourth-order valence-electron chi connectivity index (χ4n) is 2.27. The van der Waals surface area contributed by atoms with E-state index < -0.39 is 0 Å². The minimum atomic E-state index is 0.202. The van der Waals surface area contributed by atoms with Gasteiger partial charge in [0.15, 0.2) is 0 Å². The molecule has 2 aromatic carbocycles. The minimum absolute atomic E-state index is 0.202. The highest BCUT2D eigenvalue weighted by Gasteiger charge is 2.11. The lowest BCUT2D eigenvalue weighted by atomic mass is 9.93. The molecule has 0 aliphatic carbocycles. The van der Waals surface area contributed by atoms with E-state index in [1.165, 1.54) is 6.07 Å². The maximum Gasteiger partial charge on any atom is 0.101 e. The quantitative estimate of drug-likeness (QED) is 0.864. The average molecular weight is 282 g/mol. The molecule has 0 atom stereocenters. The van der Waals surface area contributed by atoms with Gasteiger partial charge in [-0.05, 0) is 35.2 Å². The third-order valence-electron chi connectivity index (χ3n) is 3.37. The summed E-state index contributed by atoms with van der Waals surface area (Å²) in [5.74, 6) is 0. The van der Waals surface area contributed by atoms with Crippen LogP contribution in [0, 0.1) is 45.3 Å². The smallest absolute Gasteiger partial charge is 0.101 e. The van der Waals surface area contributed by atoms with Crippen molar-refractivity contribution in [1.82, 2.24) is 0 Å². The van der Waals surface area contributed by atoms with Crippen LogP contribution in [-0.2, 0) is 12.8 Å². The molecule has 0 heterocycles. The summed E-state index contributed by atoms with van der Waals surface area (Å²) in [6.45, 7) is 0. The van der Waals surface area contributed by atoms with Gasteiger partial charge in [0.1, 0.15) is 12.1 Å². The van der Waals surface area contributed by atoms with Gasteiger partial charge in [0.2, 0.25) is 0 Å². The van der Waals surface area contributed by atoms with Crippen molar-refractivity contribution in [3.8, 4) is 24.3 Å². The van der Waals surface area contributed by atoms with Gasteiger partial charge in [-0.25, -0.2) is 0 Å². The predicted molar refractivity (Wildman–Crippen MR) is 79.2 cm³/mol. The van der Waals surface area contributed by atoms with Crippen LogP contribution in [0.25, 0.3) is 0 Å². The van der Waals surface area contributed by atoms with Crippen molar-refractivity contribution >= 4 is 0 Å². The Hall–Kier alpha value is -3.60. The molecule has 0 aromatic heterocycles. The van der Waals surface area contributed by atoms with Crippen LogP contribution in [0.2, 0.25) is 0 Å². The molecule has 4 nitrogen and oxygen atoms in total. The van der Waals surface area contributed by atoms with Crippen LogP contribution in [0.15, 0.2) is 36.4 Å². The molecule has 0 amide bonds. The van der Waals surface area contributed by atoms with Crippen molar-refractivity contribution in [2.24, 2.45) is 0 Å². The average Bonchev–Trinajstić information content (AvgIpc) is 2.56. The van der Waals surface area contributed by atoms with Crippen LogP contribution in [0.3, 0.4) is 0 Å². The van der Waals surface area contributed by atoms with E-state index in [-0.39, 0.29) is 11.1 Å². The fourth-order valence-corrected chi connectivity index (χ4v) is 2.27. The molecular formula is C18H10N4. The lowest BCUT2D eigenvalue weighted by molar-refractivity contribution is 1.11. The SMILES string of the molecule is N#CCc1ccccc1Cc1cc(C#N)c(C#N)cc1C#N. The first kappa shape index (κ1) is 14.8. The molecule has 0 aliphatic heterocycles. The van der Waals surface area contributed by atoms with E-state index in [9.17, 15) is 5.26 Å². The maximum atomic E-state index is 9.26. The van der Waals surface area contributed by atoms with E-state index in [4.69, 9.17) is 15.8 Å². The fraction of sp³-hybridized carbons (Fsp3) is 0.111. The van der Waals surface area contributed by atoms with Crippen LogP contribution >= 0.6 is 0 Å². The number of rotatable bonds is 3. The predicted octanol–water partition coefficient (Wildman–Crippen LogP) is 2.96. The van der Waals surface area contributed by atoms with Crippen LogP contribution in [0.1, 0.15) is 33.4 Å². The summed E-state index contributed by atoms with van der Waals surface area (Å²) in [6.07, 6.45) is 0.737. The van der Waals surface area contributed by atoms with Gasteiger partial charge in [-0.3, -0.25) is 0 Å². The van der Waals surface area contributed by atoms with Crippen molar-refractivity contribution in [1.29, 1.82) is 21.0 Å². The van der Waals surface area contributed by atoms with Crippen molar-refractivity contribution in [3.63, 3.8) is 0 Å². The highest BCUT2D eigenvalue weighted by atomic mass is 14.3. The van der Waals surface area contributed by atoms with Gasteiger partial charge in [0.05, 0.1) is 35.2 Å². The van der Waals surface area contributed by atoms with Crippen molar-refractivity contribution in [2.45, 2.75) is 12.8 Å². The van der Waals surface area contributed by atoms with Gasteiger partial charge in [-0.2, -0.15) is 21.0 Å². The Labute approximate surface area is 128 Å². The lowest BCUT2D eigenvalue weighted by Gasteiger charge is -2.09. The zero-order valence-electron chi connectivity index (χ0n) is 11.7. The van der Waals surface area contributed by atoms with Crippen LogP contribution in [0.4, 0.5) is 0 Å². The van der Waals surface area contributed by atoms with Crippen molar-refractivity contribution < 1.29 is 0 Å². The third kappa shape index (κ3) is 2.94. The maximum absolute atomic E-state index is 9.26. The number of hydrogen-bond acceptors (Lipinski definition) is 4. The topological polar surface area (TPSA) is 95.2 Å². The second kappa shape index (κ2) is 6.71. The summed E-state index contributed by atoms with van der Waals surface area (Å²) < 4.78 is 0. The Balaban J connectivity index is 2.52. The van der Waals surface area contributed by atoms with Crippen molar-refractivity contribution in [2.75, 3.05) is 0 Å². The monoisotopic (exact) mass is 282 g/mol. The van der Waals surface area contributed by atoms with E-state index in [2.05, 4.69) is 12.1 Å². The Morgan fingerprint density at radius 2 is 1.27 bits per heavy atom. The molecule has 0 radical (unpaired) electrons. The van der Waals surface area contributed by atoms with E-state index in [0.29, 0.717) is 24.0 Å². The Bertz CT molecular complexity index is 883. The molecule has 0 bridgehead atoms. The Morgan fingerprint density at radius 3 is 1.86 bits per heavy atom. The van der Waals surface area contributed by atoms with E-state index in [0.717, 1.165) is 11.1 Å². The van der Waals surface area contributed by atoms with Gasteiger partial charge in [0, 0.05) is 0 Å². The van der Waals surface area contributed by atoms with E-state index in [1.807, 2.05) is 36.4 Å². The summed E-state index contributed by atoms with van der Waals surface area (Å²) in [7, 11) is 0. The first-order chi connectivity index (χ1) is 10.7. The summed E-state index contributed by atoms with van der Waals surface area (Å²) >= 11 is 0. The number of nitriles is 4. The molecule has 0 aliphatic rings. The van der Waals surface area contributed by atoms with Gasteiger partial charge in [0.25, 0.3) is 0 Å². The van der Waals surface area contributed by atoms with E-state index in [1.54, 1.807) is 6.07 Å². The number of hydrogen-bond donors (Lipinski definition) is 0. The highest BCUT2D eigenvalue weighted by Crippen LogP contribution is 2.21. The highest BCUT2D eigenvalue weighted by molar-refractivity contribution is 5.55. The molecule has 0 spiro atoms. The molecule has 0 saturated heterocycles. The molecular weight excluding hydrogens is 272 g/mol. The summed E-state index contributed by atoms with van der Waals surface area (Å²) in [5.41, 5.74) is 3.36. The first-order valence-corrected chi connectivity index (χ1v) is 6.54. The second-order valence-corrected chi connectivity index (χ2v) is 4.67. The van der Waals surface area contributed by atoms with Gasteiger partial charge < -0.3 is 0 Å². The summed E-state index contributed by atoms with van der Waals surface area (Å²) in [5, 5.41) is 36.3. The standard InChI is InChI=1S/C18H10N4/c19-6-5-13-3-1-2-4-14(13)7-15-8-17(11-21)18(12-22)9-16(15)10-20/h1-4,8-9H,5,7H2. The zero-order chi connectivity index (χ0) is 15.9. The molecule has 2 rings (SSSR count). The largest absolute Gasteiger partial charge is 0.198 e. The molecule has 0 N–H and O–H groups in total. The van der Waals surface area contributed by atoms with Gasteiger partial charge in [-0.1, -0.05) is 24.3 Å². The second-order valence-electron chi connectivity index (χ2n) is 4.67. The summed E-state index contributed by atoms with van der Waals surface area (Å²) in [6, 6.07) is 18.6. The third-order valence-corrected chi connectivity index (χ3v) is 3.37. The van der Waals surface area contributed by atoms with Crippen LogP contribution < -0.4 is 0 Å². The summed E-state index contributed by atoms with van der Waals surface area (Å²) in [4.78, 5) is 0. The zero-order valence-corrected chi connectivity index (χ0v) is 11.7. The normalized spacial score (nSPS) is 9.09. The molecule has 0 saturated carbocycles. The van der Waals surface area contributed by atoms with Crippen LogP contribution in [-0.4, -0.2) is 0 Å². The Kier molecular flexibility index (Phi) is 4.52. The molecule has 22 heavy (non-hydrogen) atoms. The Morgan fingerprint density at radius 1 is 0.682 bits per heavy atom. The molecule has 102 valence electrons. The van der Waals surface area contributed by atoms with E-state index >= 15 is 0 Å². The van der Waals surface area contributed by atoms with Gasteiger partial charge >= 0.3 is 0 Å². The molecule has 4 heteroatoms. The number of nitrogens with zero attached hydrogens (tertiary/aromatic N) is 4. The lowest BCUT2D eigenvalue weighted by Crippen LogP contribution is -1.99. The number of benzene rings is 2. The molecule has 0 fully saturated rings. The van der Waals surface area contributed by atoms with Crippen molar-refractivity contribution in [3.05, 3.63) is 69.8 Å². The van der Waals surface area contributed by atoms with Crippen LogP contribution in [0.5, 0.6) is 0 Å². The molecule has 2 aromatic rings.